The van der Waals surface area contributed by atoms with E-state index in [1.807, 2.05) is 25.1 Å². The first-order valence-electron chi connectivity index (χ1n) is 4.36. The molecule has 0 bridgehead atoms. The van der Waals surface area contributed by atoms with Crippen LogP contribution in [0.25, 0.3) is 11.4 Å². The van der Waals surface area contributed by atoms with Crippen LogP contribution in [-0.2, 0) is 5.88 Å². The highest BCUT2D eigenvalue weighted by Crippen LogP contribution is 2.26. The molecule has 2 rings (SSSR count). The number of nitrogens with zero attached hydrogens (tertiary/aromatic N) is 2. The first-order valence-corrected chi connectivity index (χ1v) is 5.27. The Morgan fingerprint density at radius 2 is 2.20 bits per heavy atom. The predicted octanol–water partition coefficient (Wildman–Crippen LogP) is 3.44. The smallest absolute Gasteiger partial charge is 0.241 e. The van der Waals surface area contributed by atoms with Gasteiger partial charge in [-0.3, -0.25) is 0 Å². The second kappa shape index (κ2) is 4.21. The molecule has 0 atom stereocenters. The van der Waals surface area contributed by atoms with Gasteiger partial charge in [0.2, 0.25) is 11.7 Å². The Morgan fingerprint density at radius 3 is 2.80 bits per heavy atom. The first-order chi connectivity index (χ1) is 7.20. The third-order valence-electron chi connectivity index (χ3n) is 1.95. The van der Waals surface area contributed by atoms with Crippen LogP contribution in [0.2, 0.25) is 5.02 Å². The van der Waals surface area contributed by atoms with E-state index >= 15 is 0 Å². The fourth-order valence-corrected chi connectivity index (χ4v) is 1.65. The Kier molecular flexibility index (Phi) is 2.93. The molecule has 0 radical (unpaired) electrons. The molecule has 0 unspecified atom stereocenters. The van der Waals surface area contributed by atoms with Gasteiger partial charge in [-0.25, -0.2) is 0 Å². The average Bonchev–Trinajstić information content (AvgIpc) is 2.66. The zero-order chi connectivity index (χ0) is 10.8. The van der Waals surface area contributed by atoms with E-state index in [4.69, 9.17) is 27.7 Å². The van der Waals surface area contributed by atoms with Crippen molar-refractivity contribution in [1.29, 1.82) is 0 Å². The van der Waals surface area contributed by atoms with Gasteiger partial charge in [0.25, 0.3) is 0 Å². The summed E-state index contributed by atoms with van der Waals surface area (Å²) in [6.45, 7) is 1.97. The van der Waals surface area contributed by atoms with Crippen molar-refractivity contribution >= 4 is 23.2 Å². The van der Waals surface area contributed by atoms with Crippen molar-refractivity contribution < 1.29 is 4.52 Å². The van der Waals surface area contributed by atoms with E-state index in [0.29, 0.717) is 16.7 Å². The van der Waals surface area contributed by atoms with Crippen molar-refractivity contribution in [2.45, 2.75) is 12.8 Å². The van der Waals surface area contributed by atoms with E-state index in [9.17, 15) is 0 Å². The number of halogens is 2. The van der Waals surface area contributed by atoms with Gasteiger partial charge >= 0.3 is 0 Å². The molecule has 15 heavy (non-hydrogen) atoms. The second-order valence-corrected chi connectivity index (χ2v) is 3.80. The molecule has 78 valence electrons. The van der Waals surface area contributed by atoms with Crippen LogP contribution in [0.3, 0.4) is 0 Å². The minimum atomic E-state index is 0.205. The molecule has 0 spiro atoms. The van der Waals surface area contributed by atoms with E-state index in [-0.39, 0.29) is 5.88 Å². The van der Waals surface area contributed by atoms with Gasteiger partial charge in [-0.1, -0.05) is 22.8 Å². The molecule has 0 aliphatic heterocycles. The lowest BCUT2D eigenvalue weighted by Crippen LogP contribution is -1.84. The van der Waals surface area contributed by atoms with E-state index < -0.39 is 0 Å². The summed E-state index contributed by atoms with van der Waals surface area (Å²) in [5.74, 6) is 1.06. The monoisotopic (exact) mass is 242 g/mol. The van der Waals surface area contributed by atoms with E-state index in [1.54, 1.807) is 0 Å². The molecule has 1 heterocycles. The summed E-state index contributed by atoms with van der Waals surface area (Å²) in [6, 6.07) is 5.66. The van der Waals surface area contributed by atoms with E-state index in [0.717, 1.165) is 11.1 Å². The Bertz CT molecular complexity index is 482. The van der Waals surface area contributed by atoms with Crippen LogP contribution < -0.4 is 0 Å². The number of rotatable bonds is 2. The summed E-state index contributed by atoms with van der Waals surface area (Å²) in [5.41, 5.74) is 1.84. The third-order valence-corrected chi connectivity index (χ3v) is 2.49. The zero-order valence-corrected chi connectivity index (χ0v) is 9.51. The molecule has 0 saturated carbocycles. The fourth-order valence-electron chi connectivity index (χ4n) is 1.22. The van der Waals surface area contributed by atoms with Gasteiger partial charge < -0.3 is 4.52 Å². The maximum Gasteiger partial charge on any atom is 0.241 e. The number of hydrogen-bond donors (Lipinski definition) is 0. The number of hydrogen-bond acceptors (Lipinski definition) is 3. The lowest BCUT2D eigenvalue weighted by atomic mass is 10.1. The van der Waals surface area contributed by atoms with Gasteiger partial charge in [0.15, 0.2) is 0 Å². The number of aryl methyl sites for hydroxylation is 1. The van der Waals surface area contributed by atoms with Crippen molar-refractivity contribution in [1.82, 2.24) is 10.1 Å². The summed E-state index contributed by atoms with van der Waals surface area (Å²) in [6.07, 6.45) is 0. The molecule has 0 aliphatic carbocycles. The van der Waals surface area contributed by atoms with Crippen molar-refractivity contribution in [2.24, 2.45) is 0 Å². The van der Waals surface area contributed by atoms with Crippen LogP contribution in [-0.4, -0.2) is 10.1 Å². The summed E-state index contributed by atoms with van der Waals surface area (Å²) >= 11 is 11.6. The molecule has 0 fully saturated rings. The van der Waals surface area contributed by atoms with Gasteiger partial charge in [-0.15, -0.1) is 11.6 Å². The molecule has 0 saturated heterocycles. The number of aromatic nitrogens is 2. The highest BCUT2D eigenvalue weighted by atomic mass is 35.5. The predicted molar refractivity (Wildman–Crippen MR) is 59.0 cm³/mol. The van der Waals surface area contributed by atoms with E-state index in [1.165, 1.54) is 0 Å². The highest BCUT2D eigenvalue weighted by molar-refractivity contribution is 6.33. The van der Waals surface area contributed by atoms with Gasteiger partial charge in [0.1, 0.15) is 5.88 Å². The SMILES string of the molecule is Cc1ccc(-c2noc(CCl)n2)c(Cl)c1. The van der Waals surface area contributed by atoms with Crippen molar-refractivity contribution in [3.8, 4) is 11.4 Å². The van der Waals surface area contributed by atoms with Gasteiger partial charge in [-0.2, -0.15) is 4.98 Å². The van der Waals surface area contributed by atoms with Crippen molar-refractivity contribution in [3.05, 3.63) is 34.7 Å². The van der Waals surface area contributed by atoms with Gasteiger partial charge in [-0.05, 0) is 24.6 Å². The Labute approximate surface area is 97.0 Å². The maximum absolute atomic E-state index is 6.06. The fraction of sp³-hybridized carbons (Fsp3) is 0.200. The van der Waals surface area contributed by atoms with Crippen LogP contribution in [0.15, 0.2) is 22.7 Å². The van der Waals surface area contributed by atoms with Gasteiger partial charge in [0.05, 0.1) is 5.02 Å². The third kappa shape index (κ3) is 2.13. The minimum Gasteiger partial charge on any atom is -0.338 e. The van der Waals surface area contributed by atoms with Crippen LogP contribution in [0.5, 0.6) is 0 Å². The Morgan fingerprint density at radius 1 is 1.40 bits per heavy atom. The quantitative estimate of drug-likeness (QED) is 0.758. The molecule has 1 aromatic heterocycles. The number of alkyl halides is 1. The van der Waals surface area contributed by atoms with Crippen LogP contribution in [0.4, 0.5) is 0 Å². The summed E-state index contributed by atoms with van der Waals surface area (Å²) < 4.78 is 4.90. The van der Waals surface area contributed by atoms with Crippen LogP contribution >= 0.6 is 23.2 Å². The molecule has 3 nitrogen and oxygen atoms in total. The standard InChI is InChI=1S/C10H8Cl2N2O/c1-6-2-3-7(8(12)4-6)10-13-9(5-11)15-14-10/h2-4H,5H2,1H3. The summed E-state index contributed by atoms with van der Waals surface area (Å²) in [7, 11) is 0. The lowest BCUT2D eigenvalue weighted by molar-refractivity contribution is 0.391. The lowest BCUT2D eigenvalue weighted by Gasteiger charge is -1.99. The maximum atomic E-state index is 6.06. The van der Waals surface area contributed by atoms with E-state index in [2.05, 4.69) is 10.1 Å². The topological polar surface area (TPSA) is 38.9 Å². The average molecular weight is 243 g/mol. The van der Waals surface area contributed by atoms with Crippen molar-refractivity contribution in [3.63, 3.8) is 0 Å². The Balaban J connectivity index is 2.44. The van der Waals surface area contributed by atoms with Gasteiger partial charge in [0, 0.05) is 5.56 Å². The van der Waals surface area contributed by atoms with Crippen LogP contribution in [0.1, 0.15) is 11.5 Å². The normalized spacial score (nSPS) is 10.6. The largest absolute Gasteiger partial charge is 0.338 e. The van der Waals surface area contributed by atoms with Crippen LogP contribution in [0, 0.1) is 6.92 Å². The Hall–Kier alpha value is -1.06. The molecule has 1 aromatic carbocycles. The molecule has 0 N–H and O–H groups in total. The minimum absolute atomic E-state index is 0.205. The summed E-state index contributed by atoms with van der Waals surface area (Å²) in [4.78, 5) is 4.10. The second-order valence-electron chi connectivity index (χ2n) is 3.13. The molecular formula is C10H8Cl2N2O. The zero-order valence-electron chi connectivity index (χ0n) is 8.00. The summed E-state index contributed by atoms with van der Waals surface area (Å²) in [5, 5.41) is 4.40. The molecular weight excluding hydrogens is 235 g/mol. The molecule has 0 amide bonds. The molecule has 2 aromatic rings. The first kappa shape index (κ1) is 10.5. The molecule has 0 aliphatic rings. The molecule has 5 heteroatoms. The highest BCUT2D eigenvalue weighted by Gasteiger charge is 2.10. The van der Waals surface area contributed by atoms with Crippen molar-refractivity contribution in [2.75, 3.05) is 0 Å². The number of benzene rings is 1.